The summed E-state index contributed by atoms with van der Waals surface area (Å²) in [5.41, 5.74) is 0.438. The molecule has 1 aliphatic heterocycles. The molecule has 7 heteroatoms. The quantitative estimate of drug-likeness (QED) is 0.817. The van der Waals surface area contributed by atoms with Gasteiger partial charge in [0.15, 0.2) is 0 Å². The molecule has 24 heavy (non-hydrogen) atoms. The number of nitrogens with one attached hydrogen (secondary N) is 1. The van der Waals surface area contributed by atoms with Crippen molar-refractivity contribution in [1.29, 1.82) is 0 Å². The van der Waals surface area contributed by atoms with Crippen LogP contribution in [0.2, 0.25) is 5.02 Å². The van der Waals surface area contributed by atoms with Gasteiger partial charge in [-0.1, -0.05) is 11.6 Å². The van der Waals surface area contributed by atoms with Crippen molar-refractivity contribution in [2.75, 3.05) is 26.7 Å². The van der Waals surface area contributed by atoms with Crippen LogP contribution in [0.5, 0.6) is 5.75 Å². The molecule has 3 rings (SSSR count). The molecule has 2 atom stereocenters. The van der Waals surface area contributed by atoms with Crippen molar-refractivity contribution in [3.8, 4) is 5.75 Å². The Morgan fingerprint density at radius 2 is 2.12 bits per heavy atom. The smallest absolute Gasteiger partial charge is 0.317 e. The SMILES string of the molecule is COc1cc(Cl)ccc1C(=O)N[C@H]1CN(CC(=O)O)C[C@@H]1C1CC1. The average molecular weight is 353 g/mol. The van der Waals surface area contributed by atoms with Gasteiger partial charge in [0, 0.05) is 24.2 Å². The molecule has 2 N–H and O–H groups in total. The fourth-order valence-electron chi connectivity index (χ4n) is 3.49. The van der Waals surface area contributed by atoms with Gasteiger partial charge in [-0.3, -0.25) is 14.5 Å². The van der Waals surface area contributed by atoms with Gasteiger partial charge in [0.05, 0.1) is 19.2 Å². The second kappa shape index (κ2) is 6.99. The Kier molecular flexibility index (Phi) is 4.96. The van der Waals surface area contributed by atoms with E-state index < -0.39 is 5.97 Å². The topological polar surface area (TPSA) is 78.9 Å². The van der Waals surface area contributed by atoms with E-state index in [9.17, 15) is 9.59 Å². The van der Waals surface area contributed by atoms with Crippen LogP contribution in [0.4, 0.5) is 0 Å². The molecule has 6 nitrogen and oxygen atoms in total. The maximum atomic E-state index is 12.6. The molecule has 1 aliphatic carbocycles. The molecule has 0 unspecified atom stereocenters. The van der Waals surface area contributed by atoms with Crippen LogP contribution in [0.1, 0.15) is 23.2 Å². The van der Waals surface area contributed by atoms with Crippen molar-refractivity contribution in [1.82, 2.24) is 10.2 Å². The zero-order chi connectivity index (χ0) is 17.3. The van der Waals surface area contributed by atoms with E-state index in [0.29, 0.717) is 34.7 Å². The number of hydrogen-bond donors (Lipinski definition) is 2. The van der Waals surface area contributed by atoms with Crippen molar-refractivity contribution in [2.45, 2.75) is 18.9 Å². The number of hydrogen-bond acceptors (Lipinski definition) is 4. The Balaban J connectivity index is 1.71. The molecule has 2 aliphatic rings. The van der Waals surface area contributed by atoms with Crippen LogP contribution in [0.25, 0.3) is 0 Å². The number of halogens is 1. The van der Waals surface area contributed by atoms with E-state index in [2.05, 4.69) is 5.32 Å². The van der Waals surface area contributed by atoms with Crippen LogP contribution in [-0.2, 0) is 4.79 Å². The van der Waals surface area contributed by atoms with E-state index in [1.807, 2.05) is 4.90 Å². The van der Waals surface area contributed by atoms with Gasteiger partial charge < -0.3 is 15.2 Å². The Labute approximate surface area is 145 Å². The van der Waals surface area contributed by atoms with Gasteiger partial charge in [0.1, 0.15) is 5.75 Å². The van der Waals surface area contributed by atoms with Crippen LogP contribution in [0.15, 0.2) is 18.2 Å². The van der Waals surface area contributed by atoms with Gasteiger partial charge in [-0.2, -0.15) is 0 Å². The second-order valence-corrected chi connectivity index (χ2v) is 6.95. The first-order valence-corrected chi connectivity index (χ1v) is 8.44. The van der Waals surface area contributed by atoms with Gasteiger partial charge in [-0.05, 0) is 42.9 Å². The molecule has 0 spiro atoms. The molecule has 2 fully saturated rings. The molecule has 130 valence electrons. The molecule has 0 bridgehead atoms. The minimum atomic E-state index is -0.837. The zero-order valence-corrected chi connectivity index (χ0v) is 14.3. The third-order valence-electron chi connectivity index (χ3n) is 4.75. The fraction of sp³-hybridized carbons (Fsp3) is 0.529. The fourth-order valence-corrected chi connectivity index (χ4v) is 3.65. The molecular formula is C17H21ClN2O4. The number of rotatable bonds is 6. The highest BCUT2D eigenvalue weighted by molar-refractivity contribution is 6.30. The molecule has 1 heterocycles. The highest BCUT2D eigenvalue weighted by atomic mass is 35.5. The predicted octanol–water partition coefficient (Wildman–Crippen LogP) is 1.87. The Morgan fingerprint density at radius 1 is 1.38 bits per heavy atom. The molecule has 1 aromatic rings. The van der Waals surface area contributed by atoms with E-state index in [1.54, 1.807) is 18.2 Å². The predicted molar refractivity (Wildman–Crippen MR) is 89.5 cm³/mol. The third-order valence-corrected chi connectivity index (χ3v) is 4.99. The summed E-state index contributed by atoms with van der Waals surface area (Å²) in [4.78, 5) is 25.5. The highest BCUT2D eigenvalue weighted by Gasteiger charge is 2.43. The number of likely N-dealkylation sites (tertiary alicyclic amines) is 1. The number of carbonyl (C=O) groups excluding carboxylic acids is 1. The van der Waals surface area contributed by atoms with E-state index in [4.69, 9.17) is 21.4 Å². The molecule has 0 radical (unpaired) electrons. The largest absolute Gasteiger partial charge is 0.496 e. The molecule has 0 aromatic heterocycles. The van der Waals surface area contributed by atoms with Crippen LogP contribution >= 0.6 is 11.6 Å². The van der Waals surface area contributed by atoms with E-state index in [0.717, 1.165) is 19.4 Å². The maximum Gasteiger partial charge on any atom is 0.317 e. The Bertz CT molecular complexity index is 647. The first-order valence-electron chi connectivity index (χ1n) is 8.06. The summed E-state index contributed by atoms with van der Waals surface area (Å²) in [6.07, 6.45) is 2.31. The minimum absolute atomic E-state index is 0.0137. The lowest BCUT2D eigenvalue weighted by atomic mass is 9.97. The van der Waals surface area contributed by atoms with Crippen LogP contribution in [0, 0.1) is 11.8 Å². The number of ether oxygens (including phenoxy) is 1. The Morgan fingerprint density at radius 3 is 2.75 bits per heavy atom. The van der Waals surface area contributed by atoms with E-state index >= 15 is 0 Å². The molecular weight excluding hydrogens is 332 g/mol. The van der Waals surface area contributed by atoms with Gasteiger partial charge >= 0.3 is 5.97 Å². The van der Waals surface area contributed by atoms with Gasteiger partial charge in [0.25, 0.3) is 5.91 Å². The van der Waals surface area contributed by atoms with Crippen molar-refractivity contribution in [3.63, 3.8) is 0 Å². The monoisotopic (exact) mass is 352 g/mol. The van der Waals surface area contributed by atoms with Crippen molar-refractivity contribution < 1.29 is 19.4 Å². The average Bonchev–Trinajstić information content (AvgIpc) is 3.29. The molecule has 1 saturated heterocycles. The number of carbonyl (C=O) groups is 2. The van der Waals surface area contributed by atoms with Gasteiger partial charge in [-0.25, -0.2) is 0 Å². The van der Waals surface area contributed by atoms with Crippen LogP contribution in [-0.4, -0.2) is 54.7 Å². The summed E-state index contributed by atoms with van der Waals surface area (Å²) in [5, 5.41) is 12.6. The highest BCUT2D eigenvalue weighted by Crippen LogP contribution is 2.41. The number of methoxy groups -OCH3 is 1. The number of aliphatic carboxylic acids is 1. The van der Waals surface area contributed by atoms with Gasteiger partial charge in [0.2, 0.25) is 0 Å². The molecule has 1 aromatic carbocycles. The lowest BCUT2D eigenvalue weighted by molar-refractivity contribution is -0.138. The number of carboxylic acids is 1. The third kappa shape index (κ3) is 3.82. The van der Waals surface area contributed by atoms with Crippen molar-refractivity contribution in [2.24, 2.45) is 11.8 Å². The lowest BCUT2D eigenvalue weighted by Crippen LogP contribution is -2.41. The minimum Gasteiger partial charge on any atom is -0.496 e. The first-order chi connectivity index (χ1) is 11.5. The number of benzene rings is 1. The molecule has 1 amide bonds. The summed E-state index contributed by atoms with van der Waals surface area (Å²) in [7, 11) is 1.50. The van der Waals surface area contributed by atoms with Crippen LogP contribution in [0.3, 0.4) is 0 Å². The van der Waals surface area contributed by atoms with Crippen molar-refractivity contribution >= 4 is 23.5 Å². The summed E-state index contributed by atoms with van der Waals surface area (Å²) >= 11 is 5.94. The first kappa shape index (κ1) is 17.0. The molecule has 1 saturated carbocycles. The van der Waals surface area contributed by atoms with E-state index in [-0.39, 0.29) is 18.5 Å². The zero-order valence-electron chi connectivity index (χ0n) is 13.5. The summed E-state index contributed by atoms with van der Waals surface area (Å²) in [5.74, 6) is 0.281. The van der Waals surface area contributed by atoms with Crippen molar-refractivity contribution in [3.05, 3.63) is 28.8 Å². The lowest BCUT2D eigenvalue weighted by Gasteiger charge is -2.20. The number of amides is 1. The normalized spacial score (nSPS) is 23.9. The number of nitrogens with zero attached hydrogens (tertiary/aromatic N) is 1. The summed E-state index contributed by atoms with van der Waals surface area (Å²) < 4.78 is 5.24. The second-order valence-electron chi connectivity index (χ2n) is 6.51. The Hall–Kier alpha value is -1.79. The van der Waals surface area contributed by atoms with Gasteiger partial charge in [-0.15, -0.1) is 0 Å². The standard InChI is InChI=1S/C17H21ClN2O4/c1-24-15-6-11(18)4-5-12(15)17(23)19-14-8-20(9-16(21)22)7-13(14)10-2-3-10/h4-6,10,13-14H,2-3,7-9H2,1H3,(H,19,23)(H,21,22)/t13-,14+/m1/s1. The summed E-state index contributed by atoms with van der Waals surface area (Å²) in [6, 6.07) is 4.87. The number of carboxylic acid groups (broad SMARTS) is 1. The maximum absolute atomic E-state index is 12.6. The van der Waals surface area contributed by atoms with E-state index in [1.165, 1.54) is 7.11 Å². The van der Waals surface area contributed by atoms with Crippen LogP contribution < -0.4 is 10.1 Å². The summed E-state index contributed by atoms with van der Waals surface area (Å²) in [6.45, 7) is 1.30.